The second-order valence-electron chi connectivity index (χ2n) is 4.79. The molecular formula is C18H20MnN2O4S2. The van der Waals surface area contributed by atoms with E-state index >= 15 is 0 Å². The van der Waals surface area contributed by atoms with Gasteiger partial charge in [-0.1, -0.05) is 35.8 Å². The Labute approximate surface area is 180 Å². The van der Waals surface area contributed by atoms with Crippen molar-refractivity contribution < 1.29 is 36.1 Å². The van der Waals surface area contributed by atoms with Gasteiger partial charge >= 0.3 is 17.1 Å². The van der Waals surface area contributed by atoms with Crippen LogP contribution in [0.5, 0.6) is 11.5 Å². The predicted octanol–water partition coefficient (Wildman–Crippen LogP) is 2.36. The van der Waals surface area contributed by atoms with Crippen molar-refractivity contribution in [1.82, 2.24) is 0 Å². The third-order valence-corrected chi connectivity index (χ3v) is 3.55. The van der Waals surface area contributed by atoms with Crippen LogP contribution in [0.2, 0.25) is 0 Å². The number of hydrogen-bond donors (Lipinski definition) is 2. The largest absolute Gasteiger partial charge is 2.00 e. The van der Waals surface area contributed by atoms with Gasteiger partial charge in [-0.05, 0) is 24.3 Å². The fraction of sp³-hybridized carbons (Fsp3) is 0.222. The first-order valence-electron chi connectivity index (χ1n) is 7.57. The van der Waals surface area contributed by atoms with E-state index in [0.717, 1.165) is 0 Å². The van der Waals surface area contributed by atoms with E-state index in [2.05, 4.69) is 35.9 Å². The number of anilines is 2. The first-order chi connectivity index (χ1) is 12.5. The molecule has 0 heterocycles. The summed E-state index contributed by atoms with van der Waals surface area (Å²) in [7, 11) is 3.11. The van der Waals surface area contributed by atoms with Gasteiger partial charge in [0, 0.05) is 0 Å². The Morgan fingerprint density at radius 2 is 1.11 bits per heavy atom. The number of nitrogens with one attached hydrogen (secondary N) is 2. The van der Waals surface area contributed by atoms with Crippen LogP contribution in [-0.4, -0.2) is 37.5 Å². The molecule has 2 aromatic rings. The van der Waals surface area contributed by atoms with E-state index in [0.29, 0.717) is 22.9 Å². The van der Waals surface area contributed by atoms with Gasteiger partial charge in [-0.3, -0.25) is 9.59 Å². The maximum atomic E-state index is 11.0. The number of benzene rings is 2. The third-order valence-electron chi connectivity index (χ3n) is 3.02. The van der Waals surface area contributed by atoms with Gasteiger partial charge in [-0.15, -0.1) is 0 Å². The quantitative estimate of drug-likeness (QED) is 0.523. The van der Waals surface area contributed by atoms with E-state index in [9.17, 15) is 9.59 Å². The van der Waals surface area contributed by atoms with E-state index < -0.39 is 0 Å². The molecule has 2 rings (SSSR count). The van der Waals surface area contributed by atoms with Gasteiger partial charge in [-0.2, -0.15) is 0 Å². The van der Waals surface area contributed by atoms with Crippen LogP contribution < -0.4 is 20.1 Å². The molecule has 0 fully saturated rings. The Hall–Kier alpha value is -1.80. The van der Waals surface area contributed by atoms with Crippen LogP contribution in [0, 0.1) is 0 Å². The van der Waals surface area contributed by atoms with Crippen LogP contribution in [0.4, 0.5) is 11.4 Å². The number of carbonyl (C=O) groups is 2. The van der Waals surface area contributed by atoms with Crippen molar-refractivity contribution in [2.45, 2.75) is 0 Å². The molecule has 0 aliphatic carbocycles. The summed E-state index contributed by atoms with van der Waals surface area (Å²) in [6.45, 7) is 0. The molecule has 2 amide bonds. The maximum Gasteiger partial charge on any atom is 2.00 e. The summed E-state index contributed by atoms with van der Waals surface area (Å²) in [6, 6.07) is 14.4. The molecule has 0 aromatic heterocycles. The van der Waals surface area contributed by atoms with Crippen LogP contribution in [0.1, 0.15) is 0 Å². The zero-order valence-electron chi connectivity index (χ0n) is 14.9. The van der Waals surface area contributed by atoms with Crippen LogP contribution >= 0.6 is 0 Å². The Balaban J connectivity index is 0.000000483. The first kappa shape index (κ1) is 25.2. The second kappa shape index (κ2) is 14.3. The molecule has 9 heteroatoms. The predicted molar refractivity (Wildman–Crippen MR) is 108 cm³/mol. The fourth-order valence-electron chi connectivity index (χ4n) is 1.87. The van der Waals surface area contributed by atoms with Gasteiger partial charge in [0.2, 0.25) is 0 Å². The van der Waals surface area contributed by atoms with Gasteiger partial charge in [0.05, 0.1) is 25.6 Å². The third kappa shape index (κ3) is 9.10. The van der Waals surface area contributed by atoms with Crippen molar-refractivity contribution >= 4 is 48.4 Å². The molecule has 145 valence electrons. The fourth-order valence-corrected chi connectivity index (χ4v) is 2.01. The topological polar surface area (TPSA) is 76.7 Å². The van der Waals surface area contributed by atoms with Crippen molar-refractivity contribution in [3.05, 3.63) is 48.5 Å². The van der Waals surface area contributed by atoms with Gasteiger partial charge in [0.15, 0.2) is 11.8 Å². The Morgan fingerprint density at radius 3 is 1.41 bits per heavy atom. The molecule has 0 bridgehead atoms. The van der Waals surface area contributed by atoms with Crippen molar-refractivity contribution in [3.63, 3.8) is 0 Å². The van der Waals surface area contributed by atoms with Gasteiger partial charge in [0.25, 0.3) is 0 Å². The summed E-state index contributed by atoms with van der Waals surface area (Å²) in [6.07, 6.45) is 0. The molecule has 0 saturated carbocycles. The molecule has 6 nitrogen and oxygen atoms in total. The van der Waals surface area contributed by atoms with Crippen molar-refractivity contribution in [2.75, 3.05) is 36.4 Å². The normalized spacial score (nSPS) is 9.04. The smallest absolute Gasteiger partial charge is 0.783 e. The number of amides is 2. The molecule has 0 aliphatic heterocycles. The number of rotatable bonds is 6. The minimum absolute atomic E-state index is 0. The van der Waals surface area contributed by atoms with Gasteiger partial charge in [-0.25, -0.2) is 0 Å². The van der Waals surface area contributed by atoms with Gasteiger partial charge in [0.1, 0.15) is 11.5 Å². The summed E-state index contributed by atoms with van der Waals surface area (Å²) in [5.74, 6) is 0.994. The molecule has 1 radical (unpaired) electrons. The standard InChI is InChI=1S/2C9H11NO2S.Mn/c2*1-12-8-5-3-2-4-7(8)10-9(11)6-13;/h2*2-5,13H,6H2,1H3,(H,10,11);/q;;+2/p-2. The average molecular weight is 447 g/mol. The molecule has 0 aliphatic rings. The molecular weight excluding hydrogens is 427 g/mol. The average Bonchev–Trinajstić information content (AvgIpc) is 2.69. The summed E-state index contributed by atoms with van der Waals surface area (Å²) >= 11 is 9.20. The van der Waals surface area contributed by atoms with Gasteiger partial charge < -0.3 is 45.4 Å². The molecule has 2 aromatic carbocycles. The van der Waals surface area contributed by atoms with Crippen molar-refractivity contribution in [3.8, 4) is 11.5 Å². The zero-order chi connectivity index (χ0) is 19.4. The second-order valence-corrected chi connectivity index (χ2v) is 5.36. The number of ether oxygens (including phenoxy) is 2. The Bertz CT molecular complexity index is 671. The molecule has 0 unspecified atom stereocenters. The molecule has 0 saturated heterocycles. The molecule has 0 spiro atoms. The van der Waals surface area contributed by atoms with E-state index in [1.807, 2.05) is 24.3 Å². The number of hydrogen-bond acceptors (Lipinski definition) is 6. The summed E-state index contributed by atoms with van der Waals surface area (Å²) in [4.78, 5) is 22.0. The van der Waals surface area contributed by atoms with Crippen LogP contribution in [0.15, 0.2) is 48.5 Å². The minimum atomic E-state index is -0.195. The minimum Gasteiger partial charge on any atom is -0.783 e. The van der Waals surface area contributed by atoms with E-state index in [-0.39, 0.29) is 40.4 Å². The molecule has 0 atom stereocenters. The SMILES string of the molecule is COc1ccccc1NC(=O)C[S-].COc1ccccc1NC(=O)C[S-].[Mn+2]. The van der Waals surface area contributed by atoms with Crippen molar-refractivity contribution in [2.24, 2.45) is 0 Å². The van der Waals surface area contributed by atoms with Crippen molar-refractivity contribution in [1.29, 1.82) is 0 Å². The van der Waals surface area contributed by atoms with Crippen LogP contribution in [0.3, 0.4) is 0 Å². The number of para-hydroxylation sites is 4. The van der Waals surface area contributed by atoms with Crippen LogP contribution in [0.25, 0.3) is 0 Å². The first-order valence-corrected chi connectivity index (χ1v) is 8.73. The Morgan fingerprint density at radius 1 is 0.778 bits per heavy atom. The Kier molecular flexibility index (Phi) is 13.3. The maximum absolute atomic E-state index is 11.0. The monoisotopic (exact) mass is 447 g/mol. The summed E-state index contributed by atoms with van der Waals surface area (Å²) in [5.41, 5.74) is 1.31. The molecule has 27 heavy (non-hydrogen) atoms. The van der Waals surface area contributed by atoms with E-state index in [1.165, 1.54) is 0 Å². The summed E-state index contributed by atoms with van der Waals surface area (Å²) in [5, 5.41) is 5.29. The summed E-state index contributed by atoms with van der Waals surface area (Å²) < 4.78 is 10.1. The number of methoxy groups -OCH3 is 2. The van der Waals surface area contributed by atoms with E-state index in [4.69, 9.17) is 9.47 Å². The molecule has 2 N–H and O–H groups in total. The van der Waals surface area contributed by atoms with E-state index in [1.54, 1.807) is 38.5 Å². The number of carbonyl (C=O) groups excluding carboxylic acids is 2. The zero-order valence-corrected chi connectivity index (χ0v) is 17.7. The van der Waals surface area contributed by atoms with Crippen LogP contribution in [-0.2, 0) is 51.9 Å².